The number of aryl methyl sites for hydroxylation is 1. The Labute approximate surface area is 62.0 Å². The van der Waals surface area contributed by atoms with Gasteiger partial charge < -0.3 is 4.52 Å². The van der Waals surface area contributed by atoms with Gasteiger partial charge in [-0.3, -0.25) is 0 Å². The zero-order valence-electron chi connectivity index (χ0n) is 4.87. The summed E-state index contributed by atoms with van der Waals surface area (Å²) in [5, 5.41) is 4.18. The maximum atomic E-state index is 4.77. The molecule has 50 valence electrons. The molecule has 0 saturated heterocycles. The second kappa shape index (κ2) is 3.12. The van der Waals surface area contributed by atoms with Gasteiger partial charge >= 0.3 is 0 Å². The summed E-state index contributed by atoms with van der Waals surface area (Å²) in [6, 6.07) is 0. The summed E-state index contributed by atoms with van der Waals surface area (Å²) in [5.74, 6) is 0.659. The summed E-state index contributed by atoms with van der Waals surface area (Å²) in [6.45, 7) is 1.96. The lowest BCUT2D eigenvalue weighted by molar-refractivity contribution is 0.371. The van der Waals surface area contributed by atoms with E-state index in [-0.39, 0.29) is 0 Å². The highest BCUT2D eigenvalue weighted by molar-refractivity contribution is 8.68. The second-order valence-electron chi connectivity index (χ2n) is 1.42. The van der Waals surface area contributed by atoms with Crippen molar-refractivity contribution in [3.63, 3.8) is 0 Å². The maximum Gasteiger partial charge on any atom is 0.240 e. The van der Waals surface area contributed by atoms with Crippen molar-refractivity contribution in [2.24, 2.45) is 0 Å². The first kappa shape index (κ1) is 6.95. The molecule has 5 heteroatoms. The molecule has 0 aliphatic rings. The molecule has 0 spiro atoms. The lowest BCUT2D eigenvalue weighted by Crippen LogP contribution is -1.75. The molecule has 1 aromatic rings. The van der Waals surface area contributed by atoms with Crippen LogP contribution in [-0.2, 0) is 6.42 Å². The molecule has 3 nitrogen and oxygen atoms in total. The average molecular weight is 162 g/mol. The molecule has 9 heavy (non-hydrogen) atoms. The summed E-state index contributed by atoms with van der Waals surface area (Å²) < 4.78 is 4.77. The SMILES string of the molecule is CCc1nc(SS)no1. The zero-order valence-corrected chi connectivity index (χ0v) is 6.58. The first-order chi connectivity index (χ1) is 4.36. The van der Waals surface area contributed by atoms with Gasteiger partial charge in [0.1, 0.15) is 0 Å². The van der Waals surface area contributed by atoms with Crippen molar-refractivity contribution in [3.8, 4) is 0 Å². The van der Waals surface area contributed by atoms with E-state index in [1.807, 2.05) is 6.92 Å². The highest BCUT2D eigenvalue weighted by Gasteiger charge is 2.00. The van der Waals surface area contributed by atoms with Gasteiger partial charge in [0.15, 0.2) is 0 Å². The van der Waals surface area contributed by atoms with E-state index < -0.39 is 0 Å². The molecule has 1 aromatic heterocycles. The van der Waals surface area contributed by atoms with Gasteiger partial charge in [-0.05, 0) is 16.0 Å². The van der Waals surface area contributed by atoms with Gasteiger partial charge in [0.2, 0.25) is 11.0 Å². The number of aromatic nitrogens is 2. The van der Waals surface area contributed by atoms with E-state index in [2.05, 4.69) is 21.8 Å². The van der Waals surface area contributed by atoms with Crippen molar-refractivity contribution in [1.29, 1.82) is 0 Å². The van der Waals surface area contributed by atoms with E-state index in [1.54, 1.807) is 0 Å². The standard InChI is InChI=1S/C4H6N2OS2/c1-2-3-5-4(9-8)6-7-3/h8H,2H2,1H3. The maximum absolute atomic E-state index is 4.77. The Hall–Kier alpha value is -0.160. The minimum Gasteiger partial charge on any atom is -0.338 e. The van der Waals surface area contributed by atoms with Crippen LogP contribution in [0.15, 0.2) is 9.68 Å². The predicted molar refractivity (Wildman–Crippen MR) is 38.5 cm³/mol. The van der Waals surface area contributed by atoms with E-state index in [1.165, 1.54) is 10.8 Å². The van der Waals surface area contributed by atoms with E-state index in [0.29, 0.717) is 11.0 Å². The van der Waals surface area contributed by atoms with E-state index in [9.17, 15) is 0 Å². The molecular weight excluding hydrogens is 156 g/mol. The van der Waals surface area contributed by atoms with Crippen LogP contribution < -0.4 is 0 Å². The van der Waals surface area contributed by atoms with Crippen LogP contribution >= 0.6 is 22.5 Å². The Morgan fingerprint density at radius 1 is 1.78 bits per heavy atom. The third-order valence-electron chi connectivity index (χ3n) is 0.834. The zero-order chi connectivity index (χ0) is 6.69. The topological polar surface area (TPSA) is 38.9 Å². The van der Waals surface area contributed by atoms with Crippen molar-refractivity contribution in [2.45, 2.75) is 18.5 Å². The highest BCUT2D eigenvalue weighted by atomic mass is 33.1. The Balaban J connectivity index is 2.74. The Morgan fingerprint density at radius 3 is 2.89 bits per heavy atom. The normalized spacial score (nSPS) is 10.0. The molecule has 0 bridgehead atoms. The fraction of sp³-hybridized carbons (Fsp3) is 0.500. The van der Waals surface area contributed by atoms with Crippen molar-refractivity contribution in [1.82, 2.24) is 10.1 Å². The Bertz CT molecular complexity index is 170. The quantitative estimate of drug-likeness (QED) is 0.529. The highest BCUT2D eigenvalue weighted by Crippen LogP contribution is 2.16. The van der Waals surface area contributed by atoms with Crippen molar-refractivity contribution < 1.29 is 4.52 Å². The first-order valence-corrected chi connectivity index (χ1v) is 4.37. The van der Waals surface area contributed by atoms with Crippen LogP contribution in [0.3, 0.4) is 0 Å². The summed E-state index contributed by atoms with van der Waals surface area (Å²) >= 11 is 3.89. The van der Waals surface area contributed by atoms with E-state index in [4.69, 9.17) is 4.52 Å². The molecule has 0 fully saturated rings. The molecule has 0 saturated carbocycles. The number of hydrogen-bond acceptors (Lipinski definition) is 5. The van der Waals surface area contributed by atoms with Crippen LogP contribution in [0.5, 0.6) is 0 Å². The van der Waals surface area contributed by atoms with Crippen molar-refractivity contribution >= 4 is 22.5 Å². The van der Waals surface area contributed by atoms with Gasteiger partial charge in [0.25, 0.3) is 0 Å². The van der Waals surface area contributed by atoms with Crippen molar-refractivity contribution in [2.75, 3.05) is 0 Å². The average Bonchev–Trinajstić information content (AvgIpc) is 2.34. The van der Waals surface area contributed by atoms with Crippen LogP contribution in [0.25, 0.3) is 0 Å². The minimum absolute atomic E-state index is 0.579. The fourth-order valence-electron chi connectivity index (χ4n) is 0.420. The van der Waals surface area contributed by atoms with Gasteiger partial charge in [0.05, 0.1) is 0 Å². The largest absolute Gasteiger partial charge is 0.338 e. The minimum atomic E-state index is 0.579. The summed E-state index contributed by atoms with van der Waals surface area (Å²) in [7, 11) is 1.18. The first-order valence-electron chi connectivity index (χ1n) is 2.50. The molecule has 0 unspecified atom stereocenters. The summed E-state index contributed by atoms with van der Waals surface area (Å²) in [4.78, 5) is 3.96. The molecule has 1 heterocycles. The van der Waals surface area contributed by atoms with Gasteiger partial charge in [-0.1, -0.05) is 6.92 Å². The second-order valence-corrected chi connectivity index (χ2v) is 2.51. The van der Waals surface area contributed by atoms with E-state index >= 15 is 0 Å². The van der Waals surface area contributed by atoms with Crippen LogP contribution in [-0.4, -0.2) is 10.1 Å². The summed E-state index contributed by atoms with van der Waals surface area (Å²) in [5.41, 5.74) is 0. The molecule has 1 rings (SSSR count). The molecular formula is C4H6N2OS2. The monoisotopic (exact) mass is 162 g/mol. The lowest BCUT2D eigenvalue weighted by Gasteiger charge is -1.76. The van der Waals surface area contributed by atoms with Crippen molar-refractivity contribution in [3.05, 3.63) is 5.89 Å². The van der Waals surface area contributed by atoms with Crippen LogP contribution in [0.1, 0.15) is 12.8 Å². The van der Waals surface area contributed by atoms with E-state index in [0.717, 1.165) is 6.42 Å². The number of rotatable bonds is 2. The third-order valence-corrected chi connectivity index (χ3v) is 1.65. The molecule has 0 N–H and O–H groups in total. The van der Waals surface area contributed by atoms with Gasteiger partial charge in [0, 0.05) is 6.42 Å². The summed E-state index contributed by atoms with van der Waals surface area (Å²) in [6.07, 6.45) is 0.779. The number of nitrogens with zero attached hydrogens (tertiary/aromatic N) is 2. The smallest absolute Gasteiger partial charge is 0.240 e. The third kappa shape index (κ3) is 1.62. The molecule has 0 aliphatic heterocycles. The molecule has 0 atom stereocenters. The molecule has 0 aromatic carbocycles. The molecule has 0 amide bonds. The van der Waals surface area contributed by atoms with Gasteiger partial charge in [-0.15, -0.1) is 11.7 Å². The molecule has 0 radical (unpaired) electrons. The Kier molecular flexibility index (Phi) is 2.41. The number of hydrogen-bond donors (Lipinski definition) is 1. The van der Waals surface area contributed by atoms with Crippen LogP contribution in [0, 0.1) is 0 Å². The van der Waals surface area contributed by atoms with Crippen LogP contribution in [0.2, 0.25) is 0 Å². The molecule has 0 aliphatic carbocycles. The fourth-order valence-corrected chi connectivity index (χ4v) is 0.856. The van der Waals surface area contributed by atoms with Crippen LogP contribution in [0.4, 0.5) is 0 Å². The number of thiol groups is 1. The van der Waals surface area contributed by atoms with Gasteiger partial charge in [-0.25, -0.2) is 0 Å². The van der Waals surface area contributed by atoms with Gasteiger partial charge in [-0.2, -0.15) is 4.98 Å². The Morgan fingerprint density at radius 2 is 2.56 bits per heavy atom. The predicted octanol–water partition coefficient (Wildman–Crippen LogP) is 1.57. The lowest BCUT2D eigenvalue weighted by atomic mass is 10.5.